The van der Waals surface area contributed by atoms with Crippen molar-refractivity contribution in [2.45, 2.75) is 0 Å². The molecule has 0 radical (unpaired) electrons. The number of halogens is 3. The molecular formula is C10H6Cl2FN3. The van der Waals surface area contributed by atoms with Crippen molar-refractivity contribution in [2.75, 3.05) is 5.32 Å². The first-order chi connectivity index (χ1) is 7.66. The smallest absolute Gasteiger partial charge is 0.171 e. The maximum atomic E-state index is 12.8. The number of benzene rings is 1. The van der Waals surface area contributed by atoms with Crippen molar-refractivity contribution in [3.63, 3.8) is 0 Å². The van der Waals surface area contributed by atoms with E-state index in [9.17, 15) is 4.39 Å². The van der Waals surface area contributed by atoms with E-state index in [1.165, 1.54) is 30.6 Å². The van der Waals surface area contributed by atoms with Gasteiger partial charge in [-0.2, -0.15) is 0 Å². The average molecular weight is 258 g/mol. The zero-order valence-electron chi connectivity index (χ0n) is 7.92. The Hall–Kier alpha value is -1.39. The summed E-state index contributed by atoms with van der Waals surface area (Å²) in [6, 6.07) is 4.00. The van der Waals surface area contributed by atoms with E-state index >= 15 is 0 Å². The number of rotatable bonds is 2. The van der Waals surface area contributed by atoms with Gasteiger partial charge in [0.05, 0.1) is 10.7 Å². The van der Waals surface area contributed by atoms with Crippen LogP contribution < -0.4 is 5.32 Å². The zero-order valence-corrected chi connectivity index (χ0v) is 9.43. The van der Waals surface area contributed by atoms with Crippen LogP contribution in [0, 0.1) is 5.82 Å². The number of hydrogen-bond donors (Lipinski definition) is 1. The van der Waals surface area contributed by atoms with Crippen LogP contribution in [0.15, 0.2) is 30.6 Å². The van der Waals surface area contributed by atoms with Gasteiger partial charge in [-0.1, -0.05) is 23.2 Å². The maximum absolute atomic E-state index is 12.8. The van der Waals surface area contributed by atoms with Gasteiger partial charge in [0.1, 0.15) is 5.82 Å². The first-order valence-corrected chi connectivity index (χ1v) is 5.11. The standard InChI is InChI=1S/C10H6Cl2FN3/c11-7-5-6(13)1-2-8(7)16-10-9(12)14-3-4-15-10/h1-5H,(H,15,16). The number of aromatic nitrogens is 2. The number of nitrogens with one attached hydrogen (secondary N) is 1. The molecular weight excluding hydrogens is 252 g/mol. The molecule has 1 heterocycles. The highest BCUT2D eigenvalue weighted by Gasteiger charge is 2.06. The van der Waals surface area contributed by atoms with Crippen LogP contribution >= 0.6 is 23.2 Å². The van der Waals surface area contributed by atoms with Crippen LogP contribution in [0.25, 0.3) is 0 Å². The fourth-order valence-corrected chi connectivity index (χ4v) is 1.49. The minimum Gasteiger partial charge on any atom is -0.336 e. The summed E-state index contributed by atoms with van der Waals surface area (Å²) in [5.74, 6) is -0.0292. The molecule has 82 valence electrons. The third-order valence-corrected chi connectivity index (χ3v) is 2.43. The molecule has 1 aromatic carbocycles. The van der Waals surface area contributed by atoms with Gasteiger partial charge < -0.3 is 5.32 Å². The lowest BCUT2D eigenvalue weighted by Crippen LogP contribution is -1.96. The summed E-state index contributed by atoms with van der Waals surface area (Å²) in [4.78, 5) is 7.82. The molecule has 2 aromatic rings. The number of nitrogens with zero attached hydrogens (tertiary/aromatic N) is 2. The van der Waals surface area contributed by atoms with Crippen molar-refractivity contribution >= 4 is 34.7 Å². The third kappa shape index (κ3) is 2.40. The van der Waals surface area contributed by atoms with E-state index < -0.39 is 5.82 Å². The third-order valence-electron chi connectivity index (χ3n) is 1.84. The van der Waals surface area contributed by atoms with Crippen LogP contribution in [0.3, 0.4) is 0 Å². The van der Waals surface area contributed by atoms with Crippen LogP contribution in [0.5, 0.6) is 0 Å². The minimum atomic E-state index is -0.402. The van der Waals surface area contributed by atoms with Gasteiger partial charge in [-0.15, -0.1) is 0 Å². The van der Waals surface area contributed by atoms with Crippen LogP contribution in [-0.2, 0) is 0 Å². The predicted octanol–water partition coefficient (Wildman–Crippen LogP) is 3.67. The van der Waals surface area contributed by atoms with Crippen LogP contribution in [-0.4, -0.2) is 9.97 Å². The number of anilines is 2. The maximum Gasteiger partial charge on any atom is 0.171 e. The van der Waals surface area contributed by atoms with Gasteiger partial charge in [-0.25, -0.2) is 14.4 Å². The molecule has 1 aromatic heterocycles. The van der Waals surface area contributed by atoms with E-state index in [1.54, 1.807) is 0 Å². The van der Waals surface area contributed by atoms with Crippen LogP contribution in [0.2, 0.25) is 10.2 Å². The summed E-state index contributed by atoms with van der Waals surface area (Å²) in [6.45, 7) is 0. The van der Waals surface area contributed by atoms with Gasteiger partial charge in [-0.05, 0) is 18.2 Å². The Morgan fingerprint density at radius 3 is 2.56 bits per heavy atom. The quantitative estimate of drug-likeness (QED) is 0.893. The molecule has 0 amide bonds. The minimum absolute atomic E-state index is 0.225. The van der Waals surface area contributed by atoms with Crippen molar-refractivity contribution in [1.29, 1.82) is 0 Å². The Balaban J connectivity index is 2.31. The highest BCUT2D eigenvalue weighted by Crippen LogP contribution is 2.27. The fraction of sp³-hybridized carbons (Fsp3) is 0. The highest BCUT2D eigenvalue weighted by molar-refractivity contribution is 6.34. The van der Waals surface area contributed by atoms with E-state index in [0.717, 1.165) is 0 Å². The SMILES string of the molecule is Fc1ccc(Nc2nccnc2Cl)c(Cl)c1. The van der Waals surface area contributed by atoms with Gasteiger partial charge in [0.2, 0.25) is 0 Å². The van der Waals surface area contributed by atoms with Crippen LogP contribution in [0.1, 0.15) is 0 Å². The van der Waals surface area contributed by atoms with Crippen molar-refractivity contribution in [3.05, 3.63) is 46.6 Å². The normalized spacial score (nSPS) is 10.2. The van der Waals surface area contributed by atoms with Crippen molar-refractivity contribution in [1.82, 2.24) is 9.97 Å². The lowest BCUT2D eigenvalue weighted by molar-refractivity contribution is 0.628. The van der Waals surface area contributed by atoms with Gasteiger partial charge >= 0.3 is 0 Å². The summed E-state index contributed by atoms with van der Waals surface area (Å²) >= 11 is 11.6. The van der Waals surface area contributed by atoms with Crippen molar-refractivity contribution < 1.29 is 4.39 Å². The average Bonchev–Trinajstić information content (AvgIpc) is 2.25. The van der Waals surface area contributed by atoms with Gasteiger partial charge in [0.25, 0.3) is 0 Å². The molecule has 0 spiro atoms. The largest absolute Gasteiger partial charge is 0.336 e. The molecule has 2 rings (SSSR count). The first kappa shape index (κ1) is 11.1. The molecule has 0 saturated carbocycles. The molecule has 0 fully saturated rings. The van der Waals surface area contributed by atoms with E-state index in [1.807, 2.05) is 0 Å². The molecule has 1 N–H and O–H groups in total. The Morgan fingerprint density at radius 1 is 1.12 bits per heavy atom. The molecule has 0 unspecified atom stereocenters. The summed E-state index contributed by atoms with van der Waals surface area (Å²) in [5, 5.41) is 3.34. The topological polar surface area (TPSA) is 37.8 Å². The first-order valence-electron chi connectivity index (χ1n) is 4.35. The second-order valence-corrected chi connectivity index (χ2v) is 3.71. The molecule has 0 saturated heterocycles. The molecule has 0 bridgehead atoms. The summed E-state index contributed by atoms with van der Waals surface area (Å²) in [5.41, 5.74) is 0.519. The lowest BCUT2D eigenvalue weighted by Gasteiger charge is -2.07. The molecule has 0 aliphatic carbocycles. The second kappa shape index (κ2) is 4.63. The predicted molar refractivity (Wildman–Crippen MR) is 61.7 cm³/mol. The lowest BCUT2D eigenvalue weighted by atomic mass is 10.3. The molecule has 3 nitrogen and oxygen atoms in total. The van der Waals surface area contributed by atoms with E-state index in [4.69, 9.17) is 23.2 Å². The molecule has 0 atom stereocenters. The van der Waals surface area contributed by atoms with Gasteiger partial charge in [-0.3, -0.25) is 0 Å². The number of hydrogen-bond acceptors (Lipinski definition) is 3. The second-order valence-electron chi connectivity index (χ2n) is 2.94. The Labute approximate surface area is 101 Å². The fourth-order valence-electron chi connectivity index (χ4n) is 1.12. The monoisotopic (exact) mass is 257 g/mol. The summed E-state index contributed by atoms with van der Waals surface area (Å²) < 4.78 is 12.8. The Bertz CT molecular complexity index is 519. The van der Waals surface area contributed by atoms with Crippen molar-refractivity contribution in [3.8, 4) is 0 Å². The van der Waals surface area contributed by atoms with Crippen molar-refractivity contribution in [2.24, 2.45) is 0 Å². The van der Waals surface area contributed by atoms with E-state index in [0.29, 0.717) is 11.5 Å². The Kier molecular flexibility index (Phi) is 3.22. The van der Waals surface area contributed by atoms with Crippen LogP contribution in [0.4, 0.5) is 15.9 Å². The van der Waals surface area contributed by atoms with Gasteiger partial charge in [0, 0.05) is 12.4 Å². The molecule has 0 aliphatic rings. The van der Waals surface area contributed by atoms with Gasteiger partial charge in [0.15, 0.2) is 11.0 Å². The molecule has 16 heavy (non-hydrogen) atoms. The summed E-state index contributed by atoms with van der Waals surface area (Å²) in [6.07, 6.45) is 2.96. The highest BCUT2D eigenvalue weighted by atomic mass is 35.5. The zero-order chi connectivity index (χ0) is 11.5. The van der Waals surface area contributed by atoms with E-state index in [2.05, 4.69) is 15.3 Å². The molecule has 0 aliphatic heterocycles. The Morgan fingerprint density at radius 2 is 1.88 bits per heavy atom. The summed E-state index contributed by atoms with van der Waals surface area (Å²) in [7, 11) is 0. The molecule has 6 heteroatoms. The van der Waals surface area contributed by atoms with E-state index in [-0.39, 0.29) is 10.2 Å².